The zero-order valence-electron chi connectivity index (χ0n) is 10.4. The minimum absolute atomic E-state index is 0.0226. The van der Waals surface area contributed by atoms with Crippen molar-refractivity contribution in [3.63, 3.8) is 0 Å². The summed E-state index contributed by atoms with van der Waals surface area (Å²) in [6, 6.07) is -0.380. The van der Waals surface area contributed by atoms with Crippen LogP contribution in [-0.2, 0) is 9.59 Å². The van der Waals surface area contributed by atoms with Gasteiger partial charge in [0.15, 0.2) is 0 Å². The number of hydrogen-bond acceptors (Lipinski definition) is 4. The van der Waals surface area contributed by atoms with Gasteiger partial charge in [0.25, 0.3) is 0 Å². The lowest BCUT2D eigenvalue weighted by Crippen LogP contribution is -2.45. The molecule has 17 heavy (non-hydrogen) atoms. The fourth-order valence-electron chi connectivity index (χ4n) is 1.89. The normalized spacial score (nSPS) is 23.5. The highest BCUT2D eigenvalue weighted by Crippen LogP contribution is 2.05. The number of rotatable bonds is 5. The third-order valence-electron chi connectivity index (χ3n) is 2.95. The minimum atomic E-state index is -0.468. The Kier molecular flexibility index (Phi) is 5.37. The lowest BCUT2D eigenvalue weighted by atomic mass is 10.2. The molecule has 1 saturated heterocycles. The van der Waals surface area contributed by atoms with Crippen LogP contribution in [0.2, 0.25) is 0 Å². The first-order valence-electron chi connectivity index (χ1n) is 6.05. The van der Waals surface area contributed by atoms with Crippen LogP contribution >= 0.6 is 0 Å². The van der Waals surface area contributed by atoms with E-state index < -0.39 is 6.10 Å². The standard InChI is InChI=1S/C11H21N3O3/c1-3-14(4-2)10(16)7-13-11(17)9-5-8(15)6-12-9/h8-9,12,15H,3-7H2,1-2H3,(H,13,17). The number of β-amino-alcohol motifs (C(OH)–C–C–N with tert-alkyl or cyclic N) is 1. The first-order valence-corrected chi connectivity index (χ1v) is 6.05. The molecule has 6 nitrogen and oxygen atoms in total. The molecule has 1 rings (SSSR count). The Morgan fingerprint density at radius 1 is 1.41 bits per heavy atom. The van der Waals surface area contributed by atoms with E-state index in [1.807, 2.05) is 13.8 Å². The Morgan fingerprint density at radius 3 is 2.53 bits per heavy atom. The van der Waals surface area contributed by atoms with E-state index in [9.17, 15) is 14.7 Å². The molecule has 0 bridgehead atoms. The predicted octanol–water partition coefficient (Wildman–Crippen LogP) is -1.31. The van der Waals surface area contributed by atoms with E-state index in [1.165, 1.54) is 0 Å². The molecule has 98 valence electrons. The number of amides is 2. The number of hydrogen-bond donors (Lipinski definition) is 3. The monoisotopic (exact) mass is 243 g/mol. The molecule has 1 fully saturated rings. The molecule has 3 N–H and O–H groups in total. The van der Waals surface area contributed by atoms with Crippen molar-refractivity contribution >= 4 is 11.8 Å². The fourth-order valence-corrected chi connectivity index (χ4v) is 1.89. The highest BCUT2D eigenvalue weighted by atomic mass is 16.3. The summed E-state index contributed by atoms with van der Waals surface area (Å²) in [5.41, 5.74) is 0. The van der Waals surface area contributed by atoms with Crippen molar-refractivity contribution in [2.75, 3.05) is 26.2 Å². The lowest BCUT2D eigenvalue weighted by molar-refractivity contribution is -0.133. The molecular formula is C11H21N3O3. The van der Waals surface area contributed by atoms with Gasteiger partial charge in [-0.25, -0.2) is 0 Å². The number of nitrogens with zero attached hydrogens (tertiary/aromatic N) is 1. The summed E-state index contributed by atoms with van der Waals surface area (Å²) in [5, 5.41) is 14.8. The molecule has 0 spiro atoms. The van der Waals surface area contributed by atoms with Crippen LogP contribution in [0.25, 0.3) is 0 Å². The maximum absolute atomic E-state index is 11.6. The zero-order chi connectivity index (χ0) is 12.8. The molecule has 2 amide bonds. The molecule has 0 saturated carbocycles. The Morgan fingerprint density at radius 2 is 2.06 bits per heavy atom. The fraction of sp³-hybridized carbons (Fsp3) is 0.818. The summed E-state index contributed by atoms with van der Waals surface area (Å²) in [7, 11) is 0. The third-order valence-corrected chi connectivity index (χ3v) is 2.95. The van der Waals surface area contributed by atoms with Gasteiger partial charge in [0.05, 0.1) is 18.7 Å². The molecule has 1 heterocycles. The van der Waals surface area contributed by atoms with Crippen LogP contribution in [0, 0.1) is 0 Å². The summed E-state index contributed by atoms with van der Waals surface area (Å²) >= 11 is 0. The summed E-state index contributed by atoms with van der Waals surface area (Å²) in [4.78, 5) is 24.9. The van der Waals surface area contributed by atoms with Gasteiger partial charge in [0, 0.05) is 19.6 Å². The Bertz CT molecular complexity index is 279. The van der Waals surface area contributed by atoms with E-state index in [1.54, 1.807) is 4.90 Å². The van der Waals surface area contributed by atoms with Crippen LogP contribution in [0.3, 0.4) is 0 Å². The van der Waals surface area contributed by atoms with Gasteiger partial charge in [0.1, 0.15) is 0 Å². The molecule has 0 aromatic heterocycles. The molecule has 2 atom stereocenters. The highest BCUT2D eigenvalue weighted by molar-refractivity contribution is 5.87. The molecule has 1 aliphatic heterocycles. The Labute approximate surface area is 101 Å². The second-order valence-corrected chi connectivity index (χ2v) is 4.13. The topological polar surface area (TPSA) is 81.7 Å². The second kappa shape index (κ2) is 6.56. The van der Waals surface area contributed by atoms with Crippen molar-refractivity contribution in [2.45, 2.75) is 32.4 Å². The lowest BCUT2D eigenvalue weighted by Gasteiger charge is -2.19. The second-order valence-electron chi connectivity index (χ2n) is 4.13. The summed E-state index contributed by atoms with van der Waals surface area (Å²) in [6.45, 7) is 5.55. The van der Waals surface area contributed by atoms with Crippen molar-refractivity contribution in [1.29, 1.82) is 0 Å². The number of carbonyl (C=O) groups excluding carboxylic acids is 2. The molecule has 0 aromatic carbocycles. The van der Waals surface area contributed by atoms with Crippen LogP contribution < -0.4 is 10.6 Å². The first-order chi connectivity index (χ1) is 8.08. The van der Waals surface area contributed by atoms with Crippen LogP contribution in [0.1, 0.15) is 20.3 Å². The smallest absolute Gasteiger partial charge is 0.241 e. The Balaban J connectivity index is 2.30. The van der Waals surface area contributed by atoms with E-state index in [0.29, 0.717) is 26.1 Å². The van der Waals surface area contributed by atoms with Crippen molar-refractivity contribution < 1.29 is 14.7 Å². The van der Waals surface area contributed by atoms with Crippen LogP contribution in [0.4, 0.5) is 0 Å². The number of nitrogens with one attached hydrogen (secondary N) is 2. The summed E-state index contributed by atoms with van der Waals surface area (Å²) in [5.74, 6) is -0.302. The molecule has 2 unspecified atom stereocenters. The molecule has 1 aliphatic rings. The quantitative estimate of drug-likeness (QED) is 0.560. The van der Waals surface area contributed by atoms with E-state index in [2.05, 4.69) is 10.6 Å². The SMILES string of the molecule is CCN(CC)C(=O)CNC(=O)C1CC(O)CN1. The van der Waals surface area contributed by atoms with E-state index in [0.717, 1.165) is 0 Å². The first kappa shape index (κ1) is 13.9. The van der Waals surface area contributed by atoms with Crippen molar-refractivity contribution in [3.05, 3.63) is 0 Å². The maximum Gasteiger partial charge on any atom is 0.241 e. The van der Waals surface area contributed by atoms with Gasteiger partial charge < -0.3 is 20.6 Å². The average molecular weight is 243 g/mol. The predicted molar refractivity (Wildman–Crippen MR) is 63.4 cm³/mol. The van der Waals surface area contributed by atoms with Crippen molar-refractivity contribution in [2.24, 2.45) is 0 Å². The molecule has 0 aliphatic carbocycles. The van der Waals surface area contributed by atoms with Gasteiger partial charge >= 0.3 is 0 Å². The van der Waals surface area contributed by atoms with E-state index in [-0.39, 0.29) is 24.4 Å². The van der Waals surface area contributed by atoms with E-state index >= 15 is 0 Å². The molecular weight excluding hydrogens is 222 g/mol. The number of aliphatic hydroxyl groups excluding tert-OH is 1. The number of likely N-dealkylation sites (N-methyl/N-ethyl adjacent to an activating group) is 1. The summed E-state index contributed by atoms with van der Waals surface area (Å²) in [6.07, 6.45) is -0.0603. The maximum atomic E-state index is 11.6. The molecule has 0 aromatic rings. The van der Waals surface area contributed by atoms with Gasteiger partial charge in [-0.2, -0.15) is 0 Å². The van der Waals surface area contributed by atoms with Gasteiger partial charge in [0.2, 0.25) is 11.8 Å². The summed E-state index contributed by atoms with van der Waals surface area (Å²) < 4.78 is 0. The van der Waals surface area contributed by atoms with Crippen LogP contribution in [-0.4, -0.2) is 60.1 Å². The number of aliphatic hydroxyl groups is 1. The van der Waals surface area contributed by atoms with Gasteiger partial charge in [-0.05, 0) is 20.3 Å². The molecule has 0 radical (unpaired) electrons. The van der Waals surface area contributed by atoms with Crippen molar-refractivity contribution in [1.82, 2.24) is 15.5 Å². The van der Waals surface area contributed by atoms with Gasteiger partial charge in [-0.3, -0.25) is 9.59 Å². The van der Waals surface area contributed by atoms with Crippen molar-refractivity contribution in [3.8, 4) is 0 Å². The number of carbonyl (C=O) groups is 2. The highest BCUT2D eigenvalue weighted by Gasteiger charge is 2.28. The largest absolute Gasteiger partial charge is 0.392 e. The average Bonchev–Trinajstić information content (AvgIpc) is 2.74. The third kappa shape index (κ3) is 3.98. The van der Waals surface area contributed by atoms with E-state index in [4.69, 9.17) is 0 Å². The van der Waals surface area contributed by atoms with Gasteiger partial charge in [-0.1, -0.05) is 0 Å². The van der Waals surface area contributed by atoms with Gasteiger partial charge in [-0.15, -0.1) is 0 Å². The van der Waals surface area contributed by atoms with Crippen LogP contribution in [0.15, 0.2) is 0 Å². The van der Waals surface area contributed by atoms with Crippen LogP contribution in [0.5, 0.6) is 0 Å². The molecule has 6 heteroatoms. The minimum Gasteiger partial charge on any atom is -0.392 e. The Hall–Kier alpha value is -1.14. The zero-order valence-corrected chi connectivity index (χ0v) is 10.4.